The molecule has 0 bridgehead atoms. The van der Waals surface area contributed by atoms with Gasteiger partial charge in [-0.3, -0.25) is 19.7 Å². The van der Waals surface area contributed by atoms with Crippen molar-refractivity contribution in [3.8, 4) is 5.75 Å². The summed E-state index contributed by atoms with van der Waals surface area (Å²) in [7, 11) is 0. The Morgan fingerprint density at radius 1 is 1.14 bits per heavy atom. The summed E-state index contributed by atoms with van der Waals surface area (Å²) in [4.78, 5) is 35.7. The van der Waals surface area contributed by atoms with Crippen LogP contribution < -0.4 is 10.1 Å². The van der Waals surface area contributed by atoms with Crippen molar-refractivity contribution in [1.82, 2.24) is 10.2 Å². The van der Waals surface area contributed by atoms with Crippen LogP contribution in [0.2, 0.25) is 0 Å². The average Bonchev–Trinajstić information content (AvgIpc) is 2.35. The lowest BCUT2D eigenvalue weighted by atomic mass is 10.1. The Morgan fingerprint density at radius 3 is 2.19 bits per heavy atom. The predicted molar refractivity (Wildman–Crippen MR) is 75.9 cm³/mol. The molecule has 0 saturated carbocycles. The number of nitrogens with one attached hydrogen (secondary N) is 1. The maximum Gasteiger partial charge on any atom is 0.261 e. The van der Waals surface area contributed by atoms with E-state index in [1.165, 1.54) is 4.90 Å². The molecule has 2 rings (SSSR count). The van der Waals surface area contributed by atoms with Crippen molar-refractivity contribution in [2.24, 2.45) is 0 Å². The van der Waals surface area contributed by atoms with Crippen molar-refractivity contribution in [3.63, 3.8) is 0 Å². The van der Waals surface area contributed by atoms with Gasteiger partial charge < -0.3 is 9.64 Å². The summed E-state index contributed by atoms with van der Waals surface area (Å²) in [6.45, 7) is 5.41. The molecule has 1 aliphatic heterocycles. The van der Waals surface area contributed by atoms with E-state index in [0.29, 0.717) is 5.75 Å². The van der Waals surface area contributed by atoms with E-state index in [-0.39, 0.29) is 25.6 Å². The third-order valence-electron chi connectivity index (χ3n) is 3.25. The van der Waals surface area contributed by atoms with E-state index in [0.717, 1.165) is 16.7 Å². The molecule has 1 aromatic rings. The molecule has 0 spiro atoms. The average molecular weight is 290 g/mol. The van der Waals surface area contributed by atoms with Crippen molar-refractivity contribution < 1.29 is 19.1 Å². The standard InChI is InChI=1S/C15H18N2O4/c1-9-4-10(2)15(11(3)5-9)21-8-14(20)17-6-12(18)16-13(19)7-17/h4-5H,6-8H2,1-3H3,(H,16,18,19). The van der Waals surface area contributed by atoms with Crippen LogP contribution >= 0.6 is 0 Å². The SMILES string of the molecule is Cc1cc(C)c(OCC(=O)N2CC(=O)NC(=O)C2)c(C)c1. The summed E-state index contributed by atoms with van der Waals surface area (Å²) in [6, 6.07) is 3.95. The lowest BCUT2D eigenvalue weighted by molar-refractivity contribution is -0.146. The first-order valence-electron chi connectivity index (χ1n) is 6.68. The Labute approximate surface area is 123 Å². The Morgan fingerprint density at radius 2 is 1.67 bits per heavy atom. The highest BCUT2D eigenvalue weighted by molar-refractivity contribution is 6.02. The van der Waals surface area contributed by atoms with E-state index in [9.17, 15) is 14.4 Å². The molecule has 6 heteroatoms. The van der Waals surface area contributed by atoms with Crippen molar-refractivity contribution in [3.05, 3.63) is 28.8 Å². The number of carbonyl (C=O) groups is 3. The molecule has 1 N–H and O–H groups in total. The molecule has 0 radical (unpaired) electrons. The van der Waals surface area contributed by atoms with Crippen molar-refractivity contribution in [1.29, 1.82) is 0 Å². The normalized spacial score (nSPS) is 14.9. The molecule has 1 aromatic carbocycles. The number of nitrogens with zero attached hydrogens (tertiary/aromatic N) is 1. The number of rotatable bonds is 3. The fourth-order valence-corrected chi connectivity index (χ4v) is 2.43. The maximum atomic E-state index is 12.0. The minimum Gasteiger partial charge on any atom is -0.483 e. The molecule has 0 atom stereocenters. The van der Waals surface area contributed by atoms with Gasteiger partial charge in [0.1, 0.15) is 18.8 Å². The van der Waals surface area contributed by atoms with Gasteiger partial charge in [0, 0.05) is 0 Å². The number of hydrogen-bond donors (Lipinski definition) is 1. The summed E-state index contributed by atoms with van der Waals surface area (Å²) >= 11 is 0. The third kappa shape index (κ3) is 3.59. The summed E-state index contributed by atoms with van der Waals surface area (Å²) in [5.74, 6) is -0.649. The molecule has 112 valence electrons. The molecule has 1 heterocycles. The monoisotopic (exact) mass is 290 g/mol. The van der Waals surface area contributed by atoms with E-state index in [1.54, 1.807) is 0 Å². The highest BCUT2D eigenvalue weighted by Crippen LogP contribution is 2.24. The lowest BCUT2D eigenvalue weighted by Gasteiger charge is -2.25. The van der Waals surface area contributed by atoms with Crippen molar-refractivity contribution >= 4 is 17.7 Å². The number of carbonyl (C=O) groups excluding carboxylic acids is 3. The first-order valence-corrected chi connectivity index (χ1v) is 6.68. The maximum absolute atomic E-state index is 12.0. The van der Waals surface area contributed by atoms with Crippen LogP contribution in [0.5, 0.6) is 5.75 Å². The number of aryl methyl sites for hydroxylation is 3. The molecule has 1 fully saturated rings. The first kappa shape index (κ1) is 15.0. The summed E-state index contributed by atoms with van der Waals surface area (Å²) in [6.07, 6.45) is 0. The Kier molecular flexibility index (Phi) is 4.26. The predicted octanol–water partition coefficient (Wildman–Crippen LogP) is 0.476. The van der Waals surface area contributed by atoms with Gasteiger partial charge in [-0.25, -0.2) is 0 Å². The lowest BCUT2D eigenvalue weighted by Crippen LogP contribution is -2.54. The van der Waals surface area contributed by atoms with Gasteiger partial charge in [0.2, 0.25) is 11.8 Å². The van der Waals surface area contributed by atoms with Gasteiger partial charge in [-0.2, -0.15) is 0 Å². The van der Waals surface area contributed by atoms with Crippen LogP contribution in [0, 0.1) is 20.8 Å². The topological polar surface area (TPSA) is 75.7 Å². The second-order valence-electron chi connectivity index (χ2n) is 5.24. The number of amides is 3. The van der Waals surface area contributed by atoms with Crippen LogP contribution in [0.4, 0.5) is 0 Å². The smallest absolute Gasteiger partial charge is 0.261 e. The van der Waals surface area contributed by atoms with Crippen molar-refractivity contribution in [2.45, 2.75) is 20.8 Å². The molecule has 1 saturated heterocycles. The van der Waals surface area contributed by atoms with Crippen LogP contribution in [0.1, 0.15) is 16.7 Å². The van der Waals surface area contributed by atoms with Gasteiger partial charge in [0.05, 0.1) is 0 Å². The largest absolute Gasteiger partial charge is 0.483 e. The van der Waals surface area contributed by atoms with Gasteiger partial charge >= 0.3 is 0 Å². The molecule has 3 amide bonds. The van der Waals surface area contributed by atoms with Crippen LogP contribution in [0.3, 0.4) is 0 Å². The van der Waals surface area contributed by atoms with Crippen LogP contribution in [-0.4, -0.2) is 42.3 Å². The second-order valence-corrected chi connectivity index (χ2v) is 5.24. The summed E-state index contributed by atoms with van der Waals surface area (Å²) in [5, 5.41) is 2.15. The first-order chi connectivity index (χ1) is 9.86. The van der Waals surface area contributed by atoms with E-state index in [4.69, 9.17) is 4.74 Å². The number of benzene rings is 1. The fraction of sp³-hybridized carbons (Fsp3) is 0.400. The van der Waals surface area contributed by atoms with Gasteiger partial charge in [-0.1, -0.05) is 17.7 Å². The van der Waals surface area contributed by atoms with Gasteiger partial charge in [0.25, 0.3) is 5.91 Å². The molecular formula is C15H18N2O4. The zero-order valence-corrected chi connectivity index (χ0v) is 12.4. The van der Waals surface area contributed by atoms with E-state index >= 15 is 0 Å². The molecule has 0 aliphatic carbocycles. The number of hydrogen-bond acceptors (Lipinski definition) is 4. The molecule has 6 nitrogen and oxygen atoms in total. The Bertz CT molecular complexity index is 571. The second kappa shape index (κ2) is 5.95. The Hall–Kier alpha value is -2.37. The molecule has 1 aliphatic rings. The zero-order valence-electron chi connectivity index (χ0n) is 12.4. The molecular weight excluding hydrogens is 272 g/mol. The molecule has 21 heavy (non-hydrogen) atoms. The highest BCUT2D eigenvalue weighted by atomic mass is 16.5. The molecule has 0 aromatic heterocycles. The minimum absolute atomic E-state index is 0.111. The fourth-order valence-electron chi connectivity index (χ4n) is 2.43. The van der Waals surface area contributed by atoms with E-state index in [1.807, 2.05) is 32.9 Å². The van der Waals surface area contributed by atoms with E-state index < -0.39 is 11.8 Å². The van der Waals surface area contributed by atoms with Crippen LogP contribution in [0.25, 0.3) is 0 Å². The van der Waals surface area contributed by atoms with Crippen LogP contribution in [0.15, 0.2) is 12.1 Å². The van der Waals surface area contributed by atoms with Crippen LogP contribution in [-0.2, 0) is 14.4 Å². The number of imide groups is 1. The van der Waals surface area contributed by atoms with Crippen molar-refractivity contribution in [2.75, 3.05) is 19.7 Å². The number of piperazine rings is 1. The zero-order chi connectivity index (χ0) is 15.6. The Balaban J connectivity index is 2.01. The van der Waals surface area contributed by atoms with Gasteiger partial charge in [-0.05, 0) is 31.9 Å². The highest BCUT2D eigenvalue weighted by Gasteiger charge is 2.26. The molecule has 0 unspecified atom stereocenters. The third-order valence-corrected chi connectivity index (χ3v) is 3.25. The van der Waals surface area contributed by atoms with E-state index in [2.05, 4.69) is 5.32 Å². The van der Waals surface area contributed by atoms with Gasteiger partial charge in [0.15, 0.2) is 6.61 Å². The number of ether oxygens (including phenoxy) is 1. The summed E-state index contributed by atoms with van der Waals surface area (Å²) < 4.78 is 5.57. The summed E-state index contributed by atoms with van der Waals surface area (Å²) in [5.41, 5.74) is 3.03. The quantitative estimate of drug-likeness (QED) is 0.821. The minimum atomic E-state index is -0.470. The van der Waals surface area contributed by atoms with Gasteiger partial charge in [-0.15, -0.1) is 0 Å².